The van der Waals surface area contributed by atoms with E-state index in [-0.39, 0.29) is 11.1 Å². The number of ether oxygens (including phenoxy) is 16. The summed E-state index contributed by atoms with van der Waals surface area (Å²) in [5.41, 5.74) is 34.0. The molecule has 8 N–H and O–H groups in total. The fourth-order valence-corrected chi connectivity index (χ4v) is 13.1. The zero-order valence-electron chi connectivity index (χ0n) is 79.4. The second-order valence-corrected chi connectivity index (χ2v) is 32.4. The summed E-state index contributed by atoms with van der Waals surface area (Å²) in [6, 6.07) is 31.1. The Hall–Kier alpha value is -11.0. The maximum Gasteiger partial charge on any atom is 0.164 e. The minimum atomic E-state index is -0.242. The molecule has 0 aliphatic carbocycles. The molecule has 12 rings (SSSR count). The van der Waals surface area contributed by atoms with E-state index in [1.54, 1.807) is 0 Å². The molecule has 0 fully saturated rings. The number of fused-ring (bicyclic) bond motifs is 4. The number of nitrogens with two attached hydrogens (primary N) is 4. The van der Waals surface area contributed by atoms with Gasteiger partial charge in [-0.3, -0.25) is 0 Å². The molecule has 0 amide bonds. The van der Waals surface area contributed by atoms with Crippen LogP contribution in [0.4, 0.5) is 23.3 Å². The predicted molar refractivity (Wildman–Crippen MR) is 513 cm³/mol. The van der Waals surface area contributed by atoms with Crippen LogP contribution >= 0.6 is 0 Å². The van der Waals surface area contributed by atoms with Gasteiger partial charge in [0.15, 0.2) is 22.6 Å². The van der Waals surface area contributed by atoms with Gasteiger partial charge in [-0.05, 0) is 177 Å². The average molecular weight is 1830 g/mol. The lowest BCUT2D eigenvalue weighted by atomic mass is 10.1. The normalized spacial score (nSPS) is 11.6. The van der Waals surface area contributed by atoms with Crippen LogP contribution in [0.2, 0.25) is 0 Å². The lowest BCUT2D eigenvalue weighted by molar-refractivity contribution is 0.00945. The number of anilines is 4. The van der Waals surface area contributed by atoms with Gasteiger partial charge in [-0.2, -0.15) is 20.4 Å². The van der Waals surface area contributed by atoms with Gasteiger partial charge >= 0.3 is 0 Å². The summed E-state index contributed by atoms with van der Waals surface area (Å²) in [6.45, 7) is 42.8. The van der Waals surface area contributed by atoms with Gasteiger partial charge in [0, 0.05) is 61.8 Å². The number of benzene rings is 4. The van der Waals surface area contributed by atoms with Gasteiger partial charge in [0.1, 0.15) is 121 Å². The molecule has 0 atom stereocenters. The third-order valence-corrected chi connectivity index (χ3v) is 19.7. The molecule has 0 aliphatic heterocycles. The molecule has 36 nitrogen and oxygen atoms in total. The van der Waals surface area contributed by atoms with E-state index in [2.05, 4.69) is 123 Å². The van der Waals surface area contributed by atoms with E-state index in [0.29, 0.717) is 182 Å². The standard InChI is InChI=1S/4C24H35N5O4/c2*1-5-10-30-11-12-31-13-14-32-15-16-33-19-8-6-18(7-9-19)21-20-22(25)26-17-27-23(20)29(28-21)24(2,3)4;2*1-3-5-10-29-24-21(23(25)26-18-27-24)22(28-29)19-6-8-20(9-7-19)33-17-16-32-15-14-31-13-12-30-11-4-2/h2*6-9,17H,5,10-16H2,1-4H3,(H2,25,26,27);2*6-9,18H,3-5,10-17H2,1-2H3,(H2,25,26,27). The van der Waals surface area contributed by atoms with Crippen LogP contribution in [0.3, 0.4) is 0 Å². The molecule has 0 aliphatic rings. The van der Waals surface area contributed by atoms with Gasteiger partial charge in [-0.1, -0.05) is 54.4 Å². The van der Waals surface area contributed by atoms with Crippen LogP contribution in [-0.2, 0) is 81.0 Å². The highest BCUT2D eigenvalue weighted by atomic mass is 16.6. The molecule has 8 heterocycles. The lowest BCUT2D eigenvalue weighted by Crippen LogP contribution is -2.23. The van der Waals surface area contributed by atoms with Gasteiger partial charge in [-0.25, -0.2) is 58.6 Å². The first-order valence-corrected chi connectivity index (χ1v) is 46.1. The van der Waals surface area contributed by atoms with Crippen molar-refractivity contribution in [1.29, 1.82) is 0 Å². The molecule has 0 saturated carbocycles. The van der Waals surface area contributed by atoms with Crippen molar-refractivity contribution in [2.45, 2.75) is 159 Å². The third kappa shape index (κ3) is 33.9. The number of aromatic nitrogens is 16. The second kappa shape index (κ2) is 58.1. The Morgan fingerprint density at radius 3 is 0.644 bits per heavy atom. The number of hydrogen-bond donors (Lipinski definition) is 4. The first-order valence-electron chi connectivity index (χ1n) is 46.1. The van der Waals surface area contributed by atoms with Crippen molar-refractivity contribution in [3.63, 3.8) is 0 Å². The van der Waals surface area contributed by atoms with Crippen LogP contribution in [0.1, 0.15) is 134 Å². The maximum absolute atomic E-state index is 6.17. The first kappa shape index (κ1) is 105. The van der Waals surface area contributed by atoms with Gasteiger partial charge in [0.25, 0.3) is 0 Å². The van der Waals surface area contributed by atoms with Gasteiger partial charge < -0.3 is 98.7 Å². The molecule has 8 aromatic heterocycles. The van der Waals surface area contributed by atoms with E-state index in [1.807, 2.05) is 116 Å². The van der Waals surface area contributed by atoms with E-state index in [9.17, 15) is 0 Å². The van der Waals surface area contributed by atoms with Crippen LogP contribution in [0.5, 0.6) is 23.0 Å². The third-order valence-electron chi connectivity index (χ3n) is 19.7. The van der Waals surface area contributed by atoms with Crippen molar-refractivity contribution in [2.75, 3.05) is 208 Å². The molecule has 0 bridgehead atoms. The summed E-state index contributed by atoms with van der Waals surface area (Å²) in [7, 11) is 0. The number of nitrogen functional groups attached to an aromatic ring is 4. The van der Waals surface area contributed by atoms with Gasteiger partial charge in [-0.15, -0.1) is 0 Å². The van der Waals surface area contributed by atoms with Crippen molar-refractivity contribution in [1.82, 2.24) is 79.0 Å². The molecule has 132 heavy (non-hydrogen) atoms. The molecular weight excluding hydrogens is 1690 g/mol. The Labute approximate surface area is 775 Å². The first-order chi connectivity index (χ1) is 64.3. The molecule has 12 aromatic rings. The largest absolute Gasteiger partial charge is 0.491 e. The summed E-state index contributed by atoms with van der Waals surface area (Å²) in [6.07, 6.45) is 14.2. The lowest BCUT2D eigenvalue weighted by Gasteiger charge is -2.19. The highest BCUT2D eigenvalue weighted by Gasteiger charge is 2.27. The maximum atomic E-state index is 6.17. The Balaban J connectivity index is 0.000000198. The number of nitrogens with zero attached hydrogens (tertiary/aromatic N) is 16. The minimum Gasteiger partial charge on any atom is -0.491 e. The molecule has 4 aromatic carbocycles. The highest BCUT2D eigenvalue weighted by molar-refractivity contribution is 6.01. The molecule has 0 unspecified atom stereocenters. The van der Waals surface area contributed by atoms with Crippen LogP contribution in [0.25, 0.3) is 89.2 Å². The zero-order chi connectivity index (χ0) is 94.0. The fourth-order valence-electron chi connectivity index (χ4n) is 13.1. The fraction of sp³-hybridized carbons (Fsp3) is 0.542. The number of rotatable bonds is 58. The zero-order valence-corrected chi connectivity index (χ0v) is 79.4. The molecule has 0 radical (unpaired) electrons. The van der Waals surface area contributed by atoms with E-state index < -0.39 is 0 Å². The average Bonchev–Trinajstić information content (AvgIpc) is 1.61. The van der Waals surface area contributed by atoms with Crippen LogP contribution in [0, 0.1) is 0 Å². The molecule has 36 heteroatoms. The van der Waals surface area contributed by atoms with E-state index in [1.165, 1.54) is 25.3 Å². The van der Waals surface area contributed by atoms with Gasteiger partial charge in [0.05, 0.1) is 165 Å². The summed E-state index contributed by atoms with van der Waals surface area (Å²) >= 11 is 0. The Bertz CT molecular complexity index is 4880. The van der Waals surface area contributed by atoms with Crippen molar-refractivity contribution in [2.24, 2.45) is 0 Å². The SMILES string of the molecule is CCCCn1nc(-c2ccc(OCCOCCOCCOCCC)cc2)c2c(N)ncnc21.CCCCn1nc(-c2ccc(OCCOCCOCCOCCC)cc2)c2c(N)ncnc21.CCCOCCOCCOCCOc1ccc(-c2nn(C(C)(C)C)c3ncnc(N)c23)cc1.CCCOCCOCCOCCOc1ccc(-c2nn(C(C)(C)C)c3ncnc(N)c23)cc1. The van der Waals surface area contributed by atoms with E-state index in [4.69, 9.17) is 119 Å². The topological polar surface area (TPSA) is 426 Å². The number of hydrogen-bond acceptors (Lipinski definition) is 32. The van der Waals surface area contributed by atoms with Crippen molar-refractivity contribution >= 4 is 67.4 Å². The Morgan fingerprint density at radius 1 is 0.235 bits per heavy atom. The summed E-state index contributed by atoms with van der Waals surface area (Å²) in [5.74, 6) is 4.77. The van der Waals surface area contributed by atoms with Crippen molar-refractivity contribution < 1.29 is 75.8 Å². The van der Waals surface area contributed by atoms with Gasteiger partial charge in [0.2, 0.25) is 0 Å². The quantitative estimate of drug-likeness (QED) is 0.0257. The number of unbranched alkanes of at least 4 members (excludes halogenated alkanes) is 2. The molecule has 0 saturated heterocycles. The predicted octanol–water partition coefficient (Wildman–Crippen LogP) is 14.8. The van der Waals surface area contributed by atoms with Crippen molar-refractivity contribution in [3.05, 3.63) is 122 Å². The number of aryl methyl sites for hydroxylation is 2. The van der Waals surface area contributed by atoms with E-state index in [0.717, 1.165) is 203 Å². The highest BCUT2D eigenvalue weighted by Crippen LogP contribution is 2.38. The summed E-state index contributed by atoms with van der Waals surface area (Å²) in [4.78, 5) is 34.3. The summed E-state index contributed by atoms with van der Waals surface area (Å²) in [5, 5.41) is 22.2. The molecule has 720 valence electrons. The second-order valence-electron chi connectivity index (χ2n) is 32.4. The van der Waals surface area contributed by atoms with Crippen LogP contribution < -0.4 is 41.9 Å². The molecular formula is C96H140N20O16. The van der Waals surface area contributed by atoms with Crippen LogP contribution in [0.15, 0.2) is 122 Å². The Morgan fingerprint density at radius 2 is 0.432 bits per heavy atom. The van der Waals surface area contributed by atoms with Crippen molar-refractivity contribution in [3.8, 4) is 68.0 Å². The summed E-state index contributed by atoms with van der Waals surface area (Å²) < 4.78 is 96.1. The van der Waals surface area contributed by atoms with E-state index >= 15 is 0 Å². The monoisotopic (exact) mass is 1830 g/mol. The minimum absolute atomic E-state index is 0.242. The van der Waals surface area contributed by atoms with Crippen LogP contribution in [-0.4, -0.2) is 264 Å². The Kier molecular flexibility index (Phi) is 46.1. The molecule has 0 spiro atoms. The smallest absolute Gasteiger partial charge is 0.164 e.